The third-order valence-electron chi connectivity index (χ3n) is 5.09. The minimum absolute atomic E-state index is 0.140. The quantitative estimate of drug-likeness (QED) is 0.741. The maximum absolute atomic E-state index is 14.0. The number of nitrogens with one attached hydrogen (secondary N) is 1. The van der Waals surface area contributed by atoms with Crippen molar-refractivity contribution in [3.05, 3.63) is 65.5 Å². The molecule has 0 radical (unpaired) electrons. The molecule has 0 spiro atoms. The summed E-state index contributed by atoms with van der Waals surface area (Å²) in [5, 5.41) is 3.19. The Labute approximate surface area is 153 Å². The average molecular weight is 356 g/mol. The SMILES string of the molecule is NCc1ccc(NC2(C(N)=O)CCN(Cc3ccccc3)CC2)cc1F. The van der Waals surface area contributed by atoms with Gasteiger partial charge >= 0.3 is 0 Å². The molecule has 3 rings (SSSR count). The van der Waals surface area contributed by atoms with E-state index in [1.165, 1.54) is 11.6 Å². The van der Waals surface area contributed by atoms with Crippen LogP contribution in [0.25, 0.3) is 0 Å². The molecule has 1 heterocycles. The fraction of sp³-hybridized carbons (Fsp3) is 0.350. The molecule has 0 aliphatic carbocycles. The smallest absolute Gasteiger partial charge is 0.243 e. The van der Waals surface area contributed by atoms with Crippen molar-refractivity contribution in [1.29, 1.82) is 0 Å². The van der Waals surface area contributed by atoms with E-state index < -0.39 is 11.4 Å². The first-order valence-electron chi connectivity index (χ1n) is 8.85. The summed E-state index contributed by atoms with van der Waals surface area (Å²) in [6, 6.07) is 15.0. The van der Waals surface area contributed by atoms with E-state index in [1.807, 2.05) is 18.2 Å². The number of primary amides is 1. The van der Waals surface area contributed by atoms with Crippen LogP contribution >= 0.6 is 0 Å². The molecular formula is C20H25FN4O. The first-order valence-corrected chi connectivity index (χ1v) is 8.85. The Kier molecular flexibility index (Phi) is 5.54. The van der Waals surface area contributed by atoms with Crippen LogP contribution in [0.5, 0.6) is 0 Å². The van der Waals surface area contributed by atoms with E-state index in [4.69, 9.17) is 11.5 Å². The van der Waals surface area contributed by atoms with E-state index in [0.29, 0.717) is 24.1 Å². The Morgan fingerprint density at radius 1 is 1.15 bits per heavy atom. The molecule has 2 aromatic rings. The summed E-state index contributed by atoms with van der Waals surface area (Å²) in [6.45, 7) is 2.47. The van der Waals surface area contributed by atoms with Crippen LogP contribution in [0.2, 0.25) is 0 Å². The van der Waals surface area contributed by atoms with Gasteiger partial charge in [0.15, 0.2) is 0 Å². The molecule has 138 valence electrons. The third kappa shape index (κ3) is 4.03. The maximum Gasteiger partial charge on any atom is 0.243 e. The molecule has 26 heavy (non-hydrogen) atoms. The van der Waals surface area contributed by atoms with E-state index in [9.17, 15) is 9.18 Å². The van der Waals surface area contributed by atoms with Crippen molar-refractivity contribution >= 4 is 11.6 Å². The molecule has 2 aromatic carbocycles. The van der Waals surface area contributed by atoms with Gasteiger partial charge < -0.3 is 16.8 Å². The van der Waals surface area contributed by atoms with E-state index in [2.05, 4.69) is 22.3 Å². The highest BCUT2D eigenvalue weighted by Crippen LogP contribution is 2.28. The lowest BCUT2D eigenvalue weighted by atomic mass is 9.86. The van der Waals surface area contributed by atoms with Gasteiger partial charge in [-0.2, -0.15) is 0 Å². The second-order valence-corrected chi connectivity index (χ2v) is 6.84. The number of anilines is 1. The number of carbonyl (C=O) groups excluding carboxylic acids is 1. The van der Waals surface area contributed by atoms with Crippen LogP contribution in [-0.4, -0.2) is 29.4 Å². The Morgan fingerprint density at radius 3 is 2.42 bits per heavy atom. The highest BCUT2D eigenvalue weighted by molar-refractivity contribution is 5.88. The van der Waals surface area contributed by atoms with Crippen molar-refractivity contribution in [2.75, 3.05) is 18.4 Å². The Hall–Kier alpha value is -2.44. The van der Waals surface area contributed by atoms with Crippen LogP contribution in [0.1, 0.15) is 24.0 Å². The van der Waals surface area contributed by atoms with Gasteiger partial charge in [0.1, 0.15) is 11.4 Å². The van der Waals surface area contributed by atoms with E-state index in [0.717, 1.165) is 19.6 Å². The van der Waals surface area contributed by atoms with Gasteiger partial charge in [-0.15, -0.1) is 0 Å². The predicted molar refractivity (Wildman–Crippen MR) is 101 cm³/mol. The van der Waals surface area contributed by atoms with Crippen LogP contribution in [0.4, 0.5) is 10.1 Å². The zero-order valence-corrected chi connectivity index (χ0v) is 14.7. The highest BCUT2D eigenvalue weighted by Gasteiger charge is 2.40. The van der Waals surface area contributed by atoms with Crippen LogP contribution in [0, 0.1) is 5.82 Å². The molecule has 5 N–H and O–H groups in total. The molecule has 1 aliphatic rings. The number of rotatable bonds is 6. The van der Waals surface area contributed by atoms with Crippen LogP contribution in [0.3, 0.4) is 0 Å². The number of nitrogens with two attached hydrogens (primary N) is 2. The van der Waals surface area contributed by atoms with Gasteiger partial charge in [-0.1, -0.05) is 36.4 Å². The fourth-order valence-corrected chi connectivity index (χ4v) is 3.43. The molecule has 6 heteroatoms. The largest absolute Gasteiger partial charge is 0.371 e. The lowest BCUT2D eigenvalue weighted by Crippen LogP contribution is -2.57. The Morgan fingerprint density at radius 2 is 1.85 bits per heavy atom. The molecule has 0 aromatic heterocycles. The van der Waals surface area contributed by atoms with Crippen molar-refractivity contribution in [1.82, 2.24) is 4.90 Å². The number of piperidine rings is 1. The number of hydrogen-bond acceptors (Lipinski definition) is 4. The Bertz CT molecular complexity index is 758. The normalized spacial score (nSPS) is 17.0. The summed E-state index contributed by atoms with van der Waals surface area (Å²) < 4.78 is 14.0. The van der Waals surface area contributed by atoms with Gasteiger partial charge in [-0.3, -0.25) is 9.69 Å². The number of likely N-dealkylation sites (tertiary alicyclic amines) is 1. The zero-order chi connectivity index (χ0) is 18.6. The van der Waals surface area contributed by atoms with E-state index in [-0.39, 0.29) is 12.4 Å². The average Bonchev–Trinajstić information content (AvgIpc) is 2.64. The summed E-state index contributed by atoms with van der Waals surface area (Å²) in [7, 11) is 0. The van der Waals surface area contributed by atoms with Gasteiger partial charge in [-0.05, 0) is 30.5 Å². The van der Waals surface area contributed by atoms with Crippen LogP contribution in [-0.2, 0) is 17.9 Å². The summed E-state index contributed by atoms with van der Waals surface area (Å²) >= 11 is 0. The van der Waals surface area contributed by atoms with Gasteiger partial charge in [-0.25, -0.2) is 4.39 Å². The molecule has 1 amide bonds. The second-order valence-electron chi connectivity index (χ2n) is 6.84. The number of halogens is 1. The van der Waals surface area contributed by atoms with Gasteiger partial charge in [0, 0.05) is 37.4 Å². The van der Waals surface area contributed by atoms with Crippen molar-refractivity contribution in [2.24, 2.45) is 11.5 Å². The molecule has 0 unspecified atom stereocenters. The lowest BCUT2D eigenvalue weighted by molar-refractivity contribution is -0.123. The first kappa shape index (κ1) is 18.4. The topological polar surface area (TPSA) is 84.4 Å². The molecule has 5 nitrogen and oxygen atoms in total. The van der Waals surface area contributed by atoms with Gasteiger partial charge in [0.2, 0.25) is 5.91 Å². The van der Waals surface area contributed by atoms with Crippen molar-refractivity contribution in [3.63, 3.8) is 0 Å². The number of nitrogens with zero attached hydrogens (tertiary/aromatic N) is 1. The van der Waals surface area contributed by atoms with E-state index >= 15 is 0 Å². The molecule has 1 saturated heterocycles. The predicted octanol–water partition coefficient (Wildman–Crippen LogP) is 2.22. The standard InChI is InChI=1S/C20H25FN4O/c21-18-12-17(7-6-16(18)13-22)24-20(19(23)26)8-10-25(11-9-20)14-15-4-2-1-3-5-15/h1-7,12,24H,8-11,13-14,22H2,(H2,23,26). The number of carbonyl (C=O) groups is 1. The lowest BCUT2D eigenvalue weighted by Gasteiger charge is -2.40. The van der Waals surface area contributed by atoms with E-state index in [1.54, 1.807) is 12.1 Å². The third-order valence-corrected chi connectivity index (χ3v) is 5.09. The molecule has 0 atom stereocenters. The van der Waals surface area contributed by atoms with Crippen molar-refractivity contribution < 1.29 is 9.18 Å². The van der Waals surface area contributed by atoms with Crippen molar-refractivity contribution in [2.45, 2.75) is 31.5 Å². The summed E-state index contributed by atoms with van der Waals surface area (Å²) in [5.74, 6) is -0.779. The molecular weight excluding hydrogens is 331 g/mol. The zero-order valence-electron chi connectivity index (χ0n) is 14.7. The van der Waals surface area contributed by atoms with Crippen LogP contribution < -0.4 is 16.8 Å². The van der Waals surface area contributed by atoms with Crippen molar-refractivity contribution in [3.8, 4) is 0 Å². The molecule has 0 saturated carbocycles. The summed E-state index contributed by atoms with van der Waals surface area (Å²) in [4.78, 5) is 14.5. The summed E-state index contributed by atoms with van der Waals surface area (Å²) in [5.41, 5.74) is 12.6. The first-order chi connectivity index (χ1) is 12.5. The van der Waals surface area contributed by atoms with Gasteiger partial charge in [0.25, 0.3) is 0 Å². The molecule has 1 aliphatic heterocycles. The number of amides is 1. The maximum atomic E-state index is 14.0. The second kappa shape index (κ2) is 7.85. The van der Waals surface area contributed by atoms with Crippen LogP contribution in [0.15, 0.2) is 48.5 Å². The number of hydrogen-bond donors (Lipinski definition) is 3. The molecule has 0 bridgehead atoms. The Balaban J connectivity index is 1.68. The summed E-state index contributed by atoms with van der Waals surface area (Å²) in [6.07, 6.45) is 1.16. The minimum atomic E-state index is -0.857. The molecule has 1 fully saturated rings. The number of benzene rings is 2. The van der Waals surface area contributed by atoms with Gasteiger partial charge in [0.05, 0.1) is 0 Å². The minimum Gasteiger partial charge on any atom is -0.371 e. The monoisotopic (exact) mass is 356 g/mol. The fourth-order valence-electron chi connectivity index (χ4n) is 3.43. The highest BCUT2D eigenvalue weighted by atomic mass is 19.1.